The van der Waals surface area contributed by atoms with Crippen molar-refractivity contribution in [3.05, 3.63) is 0 Å². The Morgan fingerprint density at radius 3 is 2.11 bits per heavy atom. The maximum atomic E-state index is 9.72. The zero-order valence-electron chi connectivity index (χ0n) is 5.20. The standard InChI is InChI=1S/C3H8O4S.H3P/c1-2-3-7-8(4,5)6;/h2-3H2,1H3,(H,4,5,6);1H3. The van der Waals surface area contributed by atoms with Crippen LogP contribution in [-0.4, -0.2) is 19.6 Å². The molecule has 0 rings (SSSR count). The highest BCUT2D eigenvalue weighted by Gasteiger charge is 1.99. The van der Waals surface area contributed by atoms with Crippen LogP contribution in [0.15, 0.2) is 0 Å². The van der Waals surface area contributed by atoms with Gasteiger partial charge in [0.15, 0.2) is 0 Å². The predicted octanol–water partition coefficient (Wildman–Crippen LogP) is 0.274. The zero-order chi connectivity index (χ0) is 6.62. The van der Waals surface area contributed by atoms with Crippen LogP contribution >= 0.6 is 9.90 Å². The molecule has 0 saturated heterocycles. The summed E-state index contributed by atoms with van der Waals surface area (Å²) in [7, 11) is -4.19. The molecule has 0 heterocycles. The molecule has 0 bridgehead atoms. The first-order valence-electron chi connectivity index (χ1n) is 2.18. The first kappa shape index (κ1) is 12.0. The fraction of sp³-hybridized carbons (Fsp3) is 1.00. The molecule has 0 fully saturated rings. The minimum Gasteiger partial charge on any atom is -0.264 e. The monoisotopic (exact) mass is 174 g/mol. The van der Waals surface area contributed by atoms with Crippen molar-refractivity contribution in [1.29, 1.82) is 0 Å². The summed E-state index contributed by atoms with van der Waals surface area (Å²) in [4.78, 5) is 0. The second kappa shape index (κ2) is 5.11. The van der Waals surface area contributed by atoms with Crippen LogP contribution < -0.4 is 0 Å². The SMILES string of the molecule is CCCOS(=O)(=O)O.P. The first-order valence-corrected chi connectivity index (χ1v) is 3.54. The highest BCUT2D eigenvalue weighted by atomic mass is 32.3. The van der Waals surface area contributed by atoms with Crippen LogP contribution in [0, 0.1) is 0 Å². The van der Waals surface area contributed by atoms with E-state index in [1.165, 1.54) is 0 Å². The van der Waals surface area contributed by atoms with Gasteiger partial charge in [-0.2, -0.15) is 18.3 Å². The highest BCUT2D eigenvalue weighted by Crippen LogP contribution is 1.86. The third-order valence-electron chi connectivity index (χ3n) is 0.436. The molecule has 0 aromatic rings. The summed E-state index contributed by atoms with van der Waals surface area (Å²) in [6, 6.07) is 0. The summed E-state index contributed by atoms with van der Waals surface area (Å²) < 4.78 is 31.3. The van der Waals surface area contributed by atoms with E-state index in [1.54, 1.807) is 6.92 Å². The first-order chi connectivity index (χ1) is 3.56. The number of hydrogen-bond donors (Lipinski definition) is 1. The predicted molar refractivity (Wildman–Crippen MR) is 38.9 cm³/mol. The van der Waals surface area contributed by atoms with Crippen LogP contribution in [0.4, 0.5) is 0 Å². The van der Waals surface area contributed by atoms with Crippen LogP contribution in [-0.2, 0) is 14.6 Å². The smallest absolute Gasteiger partial charge is 0.264 e. The lowest BCUT2D eigenvalue weighted by Gasteiger charge is -1.92. The van der Waals surface area contributed by atoms with E-state index in [4.69, 9.17) is 4.55 Å². The van der Waals surface area contributed by atoms with Crippen LogP contribution in [0.3, 0.4) is 0 Å². The van der Waals surface area contributed by atoms with Gasteiger partial charge in [0.25, 0.3) is 0 Å². The molecule has 9 heavy (non-hydrogen) atoms. The Labute approximate surface area is 58.2 Å². The second-order valence-electron chi connectivity index (χ2n) is 1.25. The van der Waals surface area contributed by atoms with E-state index in [1.807, 2.05) is 0 Å². The van der Waals surface area contributed by atoms with Gasteiger partial charge in [-0.25, -0.2) is 4.18 Å². The van der Waals surface area contributed by atoms with E-state index in [2.05, 4.69) is 4.18 Å². The van der Waals surface area contributed by atoms with Crippen molar-refractivity contribution in [1.82, 2.24) is 0 Å². The molecule has 0 aromatic heterocycles. The van der Waals surface area contributed by atoms with Crippen molar-refractivity contribution in [3.63, 3.8) is 0 Å². The number of hydrogen-bond acceptors (Lipinski definition) is 3. The second-order valence-corrected chi connectivity index (χ2v) is 2.34. The van der Waals surface area contributed by atoms with E-state index >= 15 is 0 Å². The molecule has 0 aromatic carbocycles. The minimum atomic E-state index is -4.19. The lowest BCUT2D eigenvalue weighted by atomic mass is 10.5. The molecule has 0 spiro atoms. The van der Waals surface area contributed by atoms with Gasteiger partial charge in [0, 0.05) is 0 Å². The summed E-state index contributed by atoms with van der Waals surface area (Å²) in [5, 5.41) is 0. The molecule has 0 aliphatic heterocycles. The summed E-state index contributed by atoms with van der Waals surface area (Å²) in [6.07, 6.45) is 0.569. The third-order valence-corrected chi connectivity index (χ3v) is 0.901. The Morgan fingerprint density at radius 2 is 2.00 bits per heavy atom. The minimum absolute atomic E-state index is 0. The van der Waals surface area contributed by atoms with Crippen LogP contribution in [0.5, 0.6) is 0 Å². The molecule has 0 radical (unpaired) electrons. The lowest BCUT2D eigenvalue weighted by molar-refractivity contribution is 0.269. The van der Waals surface area contributed by atoms with Crippen molar-refractivity contribution in [2.45, 2.75) is 13.3 Å². The van der Waals surface area contributed by atoms with E-state index in [0.717, 1.165) is 0 Å². The Hall–Kier alpha value is 0.300. The maximum absolute atomic E-state index is 9.72. The van der Waals surface area contributed by atoms with Crippen molar-refractivity contribution in [2.75, 3.05) is 6.61 Å². The van der Waals surface area contributed by atoms with Gasteiger partial charge in [0.2, 0.25) is 0 Å². The molecule has 1 unspecified atom stereocenters. The molecule has 0 aliphatic carbocycles. The van der Waals surface area contributed by atoms with E-state index in [0.29, 0.717) is 6.42 Å². The Balaban J connectivity index is 0. The van der Waals surface area contributed by atoms with Gasteiger partial charge in [-0.3, -0.25) is 4.55 Å². The highest BCUT2D eigenvalue weighted by molar-refractivity contribution is 7.80. The summed E-state index contributed by atoms with van der Waals surface area (Å²) >= 11 is 0. The molecule has 1 N–H and O–H groups in total. The molecular weight excluding hydrogens is 163 g/mol. The fourth-order valence-corrected chi connectivity index (χ4v) is 0.566. The van der Waals surface area contributed by atoms with Gasteiger partial charge >= 0.3 is 10.4 Å². The van der Waals surface area contributed by atoms with Gasteiger partial charge in [0.1, 0.15) is 0 Å². The van der Waals surface area contributed by atoms with Crippen molar-refractivity contribution in [3.8, 4) is 0 Å². The van der Waals surface area contributed by atoms with Gasteiger partial charge in [-0.1, -0.05) is 6.92 Å². The Kier molecular flexibility index (Phi) is 6.83. The lowest BCUT2D eigenvalue weighted by Crippen LogP contribution is -2.03. The van der Waals surface area contributed by atoms with Crippen molar-refractivity contribution >= 4 is 20.3 Å². The normalized spacial score (nSPS) is 10.4. The van der Waals surface area contributed by atoms with Crippen molar-refractivity contribution < 1.29 is 17.2 Å². The zero-order valence-corrected chi connectivity index (χ0v) is 7.43. The van der Waals surface area contributed by atoms with Gasteiger partial charge in [-0.05, 0) is 6.42 Å². The van der Waals surface area contributed by atoms with Crippen LogP contribution in [0.25, 0.3) is 0 Å². The Bertz CT molecular complexity index is 140. The number of rotatable bonds is 3. The van der Waals surface area contributed by atoms with Gasteiger partial charge in [-0.15, -0.1) is 0 Å². The molecule has 0 aliphatic rings. The van der Waals surface area contributed by atoms with E-state index in [9.17, 15) is 8.42 Å². The summed E-state index contributed by atoms with van der Waals surface area (Å²) in [5.41, 5.74) is 0. The molecule has 0 amide bonds. The van der Waals surface area contributed by atoms with Gasteiger partial charge in [0.05, 0.1) is 6.61 Å². The molecule has 4 nitrogen and oxygen atoms in total. The summed E-state index contributed by atoms with van der Waals surface area (Å²) in [6.45, 7) is 1.78. The van der Waals surface area contributed by atoms with E-state index < -0.39 is 10.4 Å². The van der Waals surface area contributed by atoms with E-state index in [-0.39, 0.29) is 16.5 Å². The van der Waals surface area contributed by atoms with Crippen molar-refractivity contribution in [2.24, 2.45) is 0 Å². The quantitative estimate of drug-likeness (QED) is 0.493. The summed E-state index contributed by atoms with van der Waals surface area (Å²) in [5.74, 6) is 0. The van der Waals surface area contributed by atoms with Crippen LogP contribution in [0.1, 0.15) is 13.3 Å². The average Bonchev–Trinajstić information content (AvgIpc) is 1.59. The molecular formula is C3H11O4PS. The largest absolute Gasteiger partial charge is 0.397 e. The van der Waals surface area contributed by atoms with Crippen LogP contribution in [0.2, 0.25) is 0 Å². The molecule has 58 valence electrons. The molecule has 1 atom stereocenters. The maximum Gasteiger partial charge on any atom is 0.397 e. The molecule has 0 saturated carbocycles. The Morgan fingerprint density at radius 1 is 1.56 bits per heavy atom. The fourth-order valence-electron chi connectivity index (χ4n) is 0.189. The third kappa shape index (κ3) is 11.7. The molecule has 6 heteroatoms. The topological polar surface area (TPSA) is 63.6 Å². The van der Waals surface area contributed by atoms with Gasteiger partial charge < -0.3 is 0 Å². The average molecular weight is 174 g/mol.